The van der Waals surface area contributed by atoms with E-state index in [0.29, 0.717) is 0 Å². The fraction of sp³-hybridized carbons (Fsp3) is 1.00. The van der Waals surface area contributed by atoms with Gasteiger partial charge < -0.3 is 0 Å². The Morgan fingerprint density at radius 1 is 0.306 bits per heavy atom. The van der Waals surface area contributed by atoms with Gasteiger partial charge in [0.15, 0.2) is 0 Å². The number of halogens is 23. The van der Waals surface area contributed by atoms with Crippen LogP contribution in [0.3, 0.4) is 0 Å². The molecule has 0 N–H and O–H groups in total. The van der Waals surface area contributed by atoms with Crippen LogP contribution in [0.2, 0.25) is 0 Å². The SMILES string of the molecule is FC(F)([SiH2])CC(F)(F)C(F)(F)C(F)(F)C(F)(F)C(F)(F)C(F)(F)C(F)(F)C(F)(F)C(F)(F)C(F)(F)F. The standard InChI is InChI=1S/C12H4F23Si/c13-2(14,1-3(15,16)36)4(17,18)5(19,20)6(21,22)7(23,24)8(25,26)9(27,28)10(29,30)11(31,32)12(33,34)35/h1,36H2. The van der Waals surface area contributed by atoms with E-state index in [0.717, 1.165) is 0 Å². The summed E-state index contributed by atoms with van der Waals surface area (Å²) < 4.78 is 298. The highest BCUT2D eigenvalue weighted by Crippen LogP contribution is 2.66. The molecule has 0 heterocycles. The lowest BCUT2D eigenvalue weighted by Crippen LogP contribution is -2.77. The Morgan fingerprint density at radius 3 is 0.694 bits per heavy atom. The highest BCUT2D eigenvalue weighted by Gasteiger charge is 2.97. The molecular formula is C12H4F23Si. The fourth-order valence-corrected chi connectivity index (χ4v) is 2.34. The molecule has 0 aromatic heterocycles. The zero-order chi connectivity index (χ0) is 30.2. The molecule has 0 unspecified atom stereocenters. The van der Waals surface area contributed by atoms with Crippen molar-refractivity contribution in [3.05, 3.63) is 0 Å². The van der Waals surface area contributed by atoms with Gasteiger partial charge in [-0.3, -0.25) is 0 Å². The number of hydrogen-bond donors (Lipinski definition) is 0. The summed E-state index contributed by atoms with van der Waals surface area (Å²) in [5.41, 5.74) is -5.22. The maximum atomic E-state index is 13.4. The second-order valence-electron chi connectivity index (χ2n) is 6.83. The molecule has 0 aliphatic heterocycles. The average molecular weight is 613 g/mol. The first-order valence-corrected chi connectivity index (χ1v) is 8.36. The van der Waals surface area contributed by atoms with Gasteiger partial charge in [-0.05, 0) is 0 Å². The van der Waals surface area contributed by atoms with Crippen LogP contribution in [0.15, 0.2) is 0 Å². The lowest BCUT2D eigenvalue weighted by atomic mass is 9.86. The van der Waals surface area contributed by atoms with Gasteiger partial charge in [0.05, 0.1) is 6.42 Å². The van der Waals surface area contributed by atoms with Crippen LogP contribution in [0.5, 0.6) is 0 Å². The highest BCUT2D eigenvalue weighted by molar-refractivity contribution is 6.13. The Morgan fingerprint density at radius 2 is 0.500 bits per heavy atom. The summed E-state index contributed by atoms with van der Waals surface area (Å²) in [6.45, 7) is 0. The van der Waals surface area contributed by atoms with Crippen molar-refractivity contribution in [2.24, 2.45) is 0 Å². The molecule has 0 bridgehead atoms. The van der Waals surface area contributed by atoms with Crippen molar-refractivity contribution in [1.29, 1.82) is 0 Å². The van der Waals surface area contributed by atoms with E-state index in [1.807, 2.05) is 0 Å². The molecule has 0 fully saturated rings. The Labute approximate surface area is 184 Å². The average Bonchev–Trinajstić information content (AvgIpc) is 2.57. The predicted molar refractivity (Wildman–Crippen MR) is 68.7 cm³/mol. The molecule has 0 aliphatic carbocycles. The zero-order valence-electron chi connectivity index (χ0n) is 15.6. The van der Waals surface area contributed by atoms with Crippen molar-refractivity contribution in [2.75, 3.05) is 0 Å². The van der Waals surface area contributed by atoms with Gasteiger partial charge in [0.2, 0.25) is 5.55 Å². The van der Waals surface area contributed by atoms with Crippen LogP contribution < -0.4 is 0 Å². The third-order valence-electron chi connectivity index (χ3n) is 4.06. The normalized spacial score (nSPS) is 17.0. The molecule has 24 heteroatoms. The van der Waals surface area contributed by atoms with E-state index in [-0.39, 0.29) is 0 Å². The molecule has 36 heavy (non-hydrogen) atoms. The van der Waals surface area contributed by atoms with Gasteiger partial charge in [-0.15, -0.1) is 0 Å². The van der Waals surface area contributed by atoms with Crippen molar-refractivity contribution in [3.63, 3.8) is 0 Å². The molecule has 0 amide bonds. The van der Waals surface area contributed by atoms with Crippen LogP contribution in [0.4, 0.5) is 101 Å². The van der Waals surface area contributed by atoms with Crippen molar-refractivity contribution < 1.29 is 101 Å². The first-order chi connectivity index (χ1) is 15.0. The summed E-state index contributed by atoms with van der Waals surface area (Å²) in [5.74, 6) is -78.8. The number of alkyl halides is 23. The summed E-state index contributed by atoms with van der Waals surface area (Å²) in [4.78, 5) is 0. The van der Waals surface area contributed by atoms with Crippen LogP contribution in [-0.2, 0) is 0 Å². The maximum Gasteiger partial charge on any atom is 0.460 e. The molecule has 1 radical (unpaired) electrons. The van der Waals surface area contributed by atoms with Gasteiger partial charge in [-0.1, -0.05) is 0 Å². The molecule has 0 spiro atoms. The monoisotopic (exact) mass is 613 g/mol. The summed E-state index contributed by atoms with van der Waals surface area (Å²) in [6, 6.07) is 0. The Kier molecular flexibility index (Phi) is 7.98. The molecular weight excluding hydrogens is 609 g/mol. The largest absolute Gasteiger partial charge is 0.460 e. The third-order valence-corrected chi connectivity index (χ3v) is 4.31. The van der Waals surface area contributed by atoms with E-state index in [1.54, 1.807) is 0 Å². The molecule has 0 saturated carbocycles. The lowest BCUT2D eigenvalue weighted by molar-refractivity contribution is -0.474. The molecule has 217 valence electrons. The van der Waals surface area contributed by atoms with Crippen LogP contribution in [0.25, 0.3) is 0 Å². The van der Waals surface area contributed by atoms with Gasteiger partial charge in [0.25, 0.3) is 0 Å². The third kappa shape index (κ3) is 4.44. The summed E-state index contributed by atoms with van der Waals surface area (Å²) in [6.07, 6.45) is -12.0. The zero-order valence-corrected chi connectivity index (χ0v) is 17.0. The molecule has 0 rings (SSSR count). The van der Waals surface area contributed by atoms with E-state index in [9.17, 15) is 101 Å². The topological polar surface area (TPSA) is 0 Å². The summed E-state index contributed by atoms with van der Waals surface area (Å²) in [7, 11) is -1.03. The highest BCUT2D eigenvalue weighted by atomic mass is 28.1. The van der Waals surface area contributed by atoms with Crippen LogP contribution >= 0.6 is 0 Å². The number of hydrogen-bond acceptors (Lipinski definition) is 0. The van der Waals surface area contributed by atoms with E-state index >= 15 is 0 Å². The van der Waals surface area contributed by atoms with Gasteiger partial charge in [-0.25, -0.2) is 8.78 Å². The Bertz CT molecular complexity index is 797. The first kappa shape index (κ1) is 34.6. The Balaban J connectivity index is 7.06. The number of rotatable bonds is 10. The van der Waals surface area contributed by atoms with E-state index < -0.39 is 81.7 Å². The van der Waals surface area contributed by atoms with Gasteiger partial charge in [-0.2, -0.15) is 92.2 Å². The van der Waals surface area contributed by atoms with E-state index in [1.165, 1.54) is 0 Å². The minimum atomic E-state index is -9.29. The van der Waals surface area contributed by atoms with Gasteiger partial charge in [0.1, 0.15) is 10.2 Å². The van der Waals surface area contributed by atoms with Gasteiger partial charge in [0, 0.05) is 0 Å². The molecule has 0 aromatic rings. The second-order valence-corrected chi connectivity index (χ2v) is 7.86. The summed E-state index contributed by atoms with van der Waals surface area (Å²) >= 11 is 0. The second kappa shape index (κ2) is 8.30. The fourth-order valence-electron chi connectivity index (χ4n) is 2.03. The van der Waals surface area contributed by atoms with E-state index in [2.05, 4.69) is 0 Å². The van der Waals surface area contributed by atoms with E-state index in [4.69, 9.17) is 0 Å². The molecule has 0 aliphatic rings. The van der Waals surface area contributed by atoms with Crippen LogP contribution in [0, 0.1) is 0 Å². The van der Waals surface area contributed by atoms with Crippen LogP contribution in [0.1, 0.15) is 6.42 Å². The molecule has 0 aromatic carbocycles. The molecule has 0 saturated heterocycles. The van der Waals surface area contributed by atoms with Crippen molar-refractivity contribution in [1.82, 2.24) is 0 Å². The minimum Gasteiger partial charge on any atom is -0.213 e. The quantitative estimate of drug-likeness (QED) is 0.186. The van der Waals surface area contributed by atoms with Crippen molar-refractivity contribution in [2.45, 2.75) is 71.4 Å². The van der Waals surface area contributed by atoms with Crippen molar-refractivity contribution in [3.8, 4) is 0 Å². The Hall–Kier alpha value is -1.39. The summed E-state index contributed by atoms with van der Waals surface area (Å²) in [5, 5.41) is 0. The maximum absolute atomic E-state index is 13.4. The molecule has 0 atom stereocenters. The van der Waals surface area contributed by atoms with Gasteiger partial charge >= 0.3 is 59.5 Å². The first-order valence-electron chi connectivity index (χ1n) is 7.66. The lowest BCUT2D eigenvalue weighted by Gasteiger charge is -2.44. The molecule has 0 nitrogen and oxygen atoms in total. The predicted octanol–water partition coefficient (Wildman–Crippen LogP) is 6.88. The minimum absolute atomic E-state index is 1.03. The van der Waals surface area contributed by atoms with Crippen LogP contribution in [-0.4, -0.2) is 75.3 Å². The smallest absolute Gasteiger partial charge is 0.213 e. The van der Waals surface area contributed by atoms with Crippen molar-refractivity contribution >= 4 is 10.2 Å².